The van der Waals surface area contributed by atoms with Crippen LogP contribution in [-0.2, 0) is 9.53 Å². The second-order valence-electron chi connectivity index (χ2n) is 4.42. The molecule has 1 heterocycles. The Kier molecular flexibility index (Phi) is 3.17. The van der Waals surface area contributed by atoms with Gasteiger partial charge in [0.05, 0.1) is 7.11 Å². The van der Waals surface area contributed by atoms with Crippen LogP contribution in [0.1, 0.15) is 26.7 Å². The lowest BCUT2D eigenvalue weighted by Gasteiger charge is -2.44. The van der Waals surface area contributed by atoms with Crippen molar-refractivity contribution >= 4 is 5.97 Å². The maximum atomic E-state index is 11.5. The number of carbonyl (C=O) groups excluding carboxylic acids is 1. The van der Waals surface area contributed by atoms with Gasteiger partial charge in [-0.25, -0.2) is 0 Å². The topological polar surface area (TPSA) is 55.6 Å². The number of esters is 1. The molecule has 4 heteroatoms. The Morgan fingerprint density at radius 1 is 1.43 bits per heavy atom. The summed E-state index contributed by atoms with van der Waals surface area (Å²) in [7, 11) is 3.46. The molecular formula is C10H20N2O2. The van der Waals surface area contributed by atoms with Gasteiger partial charge in [-0.2, -0.15) is 0 Å². The summed E-state index contributed by atoms with van der Waals surface area (Å²) in [6.07, 6.45) is 1.33. The summed E-state index contributed by atoms with van der Waals surface area (Å²) < 4.78 is 4.74. The van der Waals surface area contributed by atoms with Crippen LogP contribution < -0.4 is 5.73 Å². The summed E-state index contributed by atoms with van der Waals surface area (Å²) in [5.74, 6) is -0.288. The smallest absolute Gasteiger partial charge is 0.325 e. The number of hydrogen-bond donors (Lipinski definition) is 1. The van der Waals surface area contributed by atoms with E-state index in [0.717, 1.165) is 0 Å². The van der Waals surface area contributed by atoms with Gasteiger partial charge in [-0.05, 0) is 33.7 Å². The molecule has 82 valence electrons. The molecule has 14 heavy (non-hydrogen) atoms. The first kappa shape index (κ1) is 11.5. The van der Waals surface area contributed by atoms with Crippen molar-refractivity contribution in [3.63, 3.8) is 0 Å². The highest BCUT2D eigenvalue weighted by atomic mass is 16.5. The summed E-state index contributed by atoms with van der Waals surface area (Å²) >= 11 is 0. The highest BCUT2D eigenvalue weighted by molar-refractivity contribution is 5.80. The van der Waals surface area contributed by atoms with E-state index in [2.05, 4.69) is 25.8 Å². The molecule has 2 N–H and O–H groups in total. The van der Waals surface area contributed by atoms with Crippen molar-refractivity contribution in [2.24, 2.45) is 5.73 Å². The van der Waals surface area contributed by atoms with E-state index in [1.807, 2.05) is 0 Å². The first-order valence-electron chi connectivity index (χ1n) is 5.00. The summed E-state index contributed by atoms with van der Waals surface area (Å²) in [5, 5.41) is 0. The van der Waals surface area contributed by atoms with Crippen LogP contribution in [0.15, 0.2) is 0 Å². The van der Waals surface area contributed by atoms with Gasteiger partial charge in [0.15, 0.2) is 0 Å². The minimum Gasteiger partial charge on any atom is -0.468 e. The number of piperidine rings is 1. The lowest BCUT2D eigenvalue weighted by atomic mass is 9.81. The second-order valence-corrected chi connectivity index (χ2v) is 4.42. The molecule has 1 fully saturated rings. The van der Waals surface area contributed by atoms with Crippen LogP contribution in [0.2, 0.25) is 0 Å². The van der Waals surface area contributed by atoms with Crippen LogP contribution in [0.3, 0.4) is 0 Å². The molecule has 0 aromatic rings. The molecule has 2 atom stereocenters. The van der Waals surface area contributed by atoms with E-state index in [4.69, 9.17) is 10.5 Å². The van der Waals surface area contributed by atoms with Crippen LogP contribution in [0.25, 0.3) is 0 Å². The zero-order valence-corrected chi connectivity index (χ0v) is 9.41. The number of likely N-dealkylation sites (tertiary alicyclic amines) is 1. The molecule has 0 aliphatic carbocycles. The maximum absolute atomic E-state index is 11.5. The zero-order valence-electron chi connectivity index (χ0n) is 9.41. The van der Waals surface area contributed by atoms with E-state index >= 15 is 0 Å². The predicted molar refractivity (Wildman–Crippen MR) is 54.9 cm³/mol. The molecule has 0 radical (unpaired) electrons. The van der Waals surface area contributed by atoms with Gasteiger partial charge in [0, 0.05) is 12.1 Å². The van der Waals surface area contributed by atoms with Crippen LogP contribution in [0.5, 0.6) is 0 Å². The molecule has 2 unspecified atom stereocenters. The van der Waals surface area contributed by atoms with Gasteiger partial charge >= 0.3 is 5.97 Å². The first-order valence-corrected chi connectivity index (χ1v) is 5.00. The molecule has 4 nitrogen and oxygen atoms in total. The highest BCUT2D eigenvalue weighted by Crippen LogP contribution is 2.28. The summed E-state index contributed by atoms with van der Waals surface area (Å²) in [6, 6.07) is 0.644. The number of rotatable bonds is 1. The molecule has 0 amide bonds. The van der Waals surface area contributed by atoms with E-state index in [1.54, 1.807) is 0 Å². The fraction of sp³-hybridized carbons (Fsp3) is 0.900. The van der Waals surface area contributed by atoms with Gasteiger partial charge in [0.1, 0.15) is 5.54 Å². The third-order valence-corrected chi connectivity index (χ3v) is 3.30. The minimum atomic E-state index is -0.792. The lowest BCUT2D eigenvalue weighted by molar-refractivity contribution is -0.150. The fourth-order valence-electron chi connectivity index (χ4n) is 2.23. The number of nitrogens with two attached hydrogens (primary N) is 1. The number of methoxy groups -OCH3 is 1. The van der Waals surface area contributed by atoms with Crippen molar-refractivity contribution in [2.45, 2.75) is 44.3 Å². The Morgan fingerprint density at radius 3 is 2.21 bits per heavy atom. The Bertz CT molecular complexity index is 218. The number of hydrogen-bond acceptors (Lipinski definition) is 4. The Morgan fingerprint density at radius 2 is 1.86 bits per heavy atom. The molecule has 0 aromatic heterocycles. The molecule has 1 rings (SSSR count). The van der Waals surface area contributed by atoms with Crippen LogP contribution in [0, 0.1) is 0 Å². The highest BCUT2D eigenvalue weighted by Gasteiger charge is 2.43. The van der Waals surface area contributed by atoms with Gasteiger partial charge in [0.2, 0.25) is 0 Å². The van der Waals surface area contributed by atoms with E-state index in [9.17, 15) is 4.79 Å². The monoisotopic (exact) mass is 200 g/mol. The van der Waals surface area contributed by atoms with E-state index < -0.39 is 5.54 Å². The number of nitrogens with zero attached hydrogens (tertiary/aromatic N) is 1. The third kappa shape index (κ3) is 1.91. The lowest BCUT2D eigenvalue weighted by Crippen LogP contribution is -2.60. The molecule has 1 aliphatic heterocycles. The normalized spacial score (nSPS) is 39.5. The SMILES string of the molecule is COC(=O)C1(N)CC(C)N(C)C(C)C1. The van der Waals surface area contributed by atoms with Crippen molar-refractivity contribution < 1.29 is 9.53 Å². The average Bonchev–Trinajstić information content (AvgIpc) is 2.12. The number of carbonyl (C=O) groups is 1. The molecule has 1 saturated heterocycles. The zero-order chi connectivity index (χ0) is 10.9. The molecule has 0 bridgehead atoms. The third-order valence-electron chi connectivity index (χ3n) is 3.30. The largest absolute Gasteiger partial charge is 0.468 e. The molecule has 0 spiro atoms. The Labute approximate surface area is 85.4 Å². The maximum Gasteiger partial charge on any atom is 0.325 e. The first-order chi connectivity index (χ1) is 6.40. The molecular weight excluding hydrogens is 180 g/mol. The van der Waals surface area contributed by atoms with Crippen molar-refractivity contribution in [1.29, 1.82) is 0 Å². The molecule has 0 aromatic carbocycles. The van der Waals surface area contributed by atoms with Crippen LogP contribution in [0.4, 0.5) is 0 Å². The summed E-state index contributed by atoms with van der Waals surface area (Å²) in [4.78, 5) is 13.8. The van der Waals surface area contributed by atoms with Crippen molar-refractivity contribution in [3.8, 4) is 0 Å². The predicted octanol–water partition coefficient (Wildman–Crippen LogP) is 0.360. The summed E-state index contributed by atoms with van der Waals surface area (Å²) in [5.41, 5.74) is 5.26. The standard InChI is InChI=1S/C10H20N2O2/c1-7-5-10(11,9(13)14-4)6-8(2)12(7)3/h7-8H,5-6,11H2,1-4H3. The minimum absolute atomic E-state index is 0.288. The van der Waals surface area contributed by atoms with Gasteiger partial charge in [0.25, 0.3) is 0 Å². The van der Waals surface area contributed by atoms with Crippen molar-refractivity contribution in [3.05, 3.63) is 0 Å². The Balaban J connectivity index is 2.78. The van der Waals surface area contributed by atoms with Crippen molar-refractivity contribution in [2.75, 3.05) is 14.2 Å². The van der Waals surface area contributed by atoms with E-state index in [0.29, 0.717) is 24.9 Å². The van der Waals surface area contributed by atoms with Crippen molar-refractivity contribution in [1.82, 2.24) is 4.90 Å². The van der Waals surface area contributed by atoms with Crippen LogP contribution in [-0.4, -0.2) is 42.6 Å². The molecule has 0 saturated carbocycles. The summed E-state index contributed by atoms with van der Waals surface area (Å²) in [6.45, 7) is 4.17. The fourth-order valence-corrected chi connectivity index (χ4v) is 2.23. The van der Waals surface area contributed by atoms with Gasteiger partial charge < -0.3 is 15.4 Å². The Hall–Kier alpha value is -0.610. The van der Waals surface area contributed by atoms with E-state index in [1.165, 1.54) is 7.11 Å². The molecule has 1 aliphatic rings. The van der Waals surface area contributed by atoms with Crippen LogP contribution >= 0.6 is 0 Å². The quantitative estimate of drug-likeness (QED) is 0.621. The van der Waals surface area contributed by atoms with Gasteiger partial charge in [-0.15, -0.1) is 0 Å². The van der Waals surface area contributed by atoms with E-state index in [-0.39, 0.29) is 5.97 Å². The number of ether oxygens (including phenoxy) is 1. The second kappa shape index (κ2) is 3.87. The average molecular weight is 200 g/mol. The van der Waals surface area contributed by atoms with Gasteiger partial charge in [-0.1, -0.05) is 0 Å². The van der Waals surface area contributed by atoms with Gasteiger partial charge in [-0.3, -0.25) is 4.79 Å².